The van der Waals surface area contributed by atoms with Gasteiger partial charge in [0.05, 0.1) is 11.6 Å². The van der Waals surface area contributed by atoms with Crippen LogP contribution in [0.4, 0.5) is 0 Å². The number of rotatable bonds is 9. The summed E-state index contributed by atoms with van der Waals surface area (Å²) in [5.74, 6) is -0.720. The summed E-state index contributed by atoms with van der Waals surface area (Å²) in [7, 11) is 0. The van der Waals surface area contributed by atoms with E-state index in [1.807, 2.05) is 30.3 Å². The van der Waals surface area contributed by atoms with Crippen LogP contribution in [0.25, 0.3) is 0 Å². The third kappa shape index (κ3) is 4.27. The molecule has 3 rings (SSSR count). The average molecular weight is 396 g/mol. The Kier molecular flexibility index (Phi) is 6.54. The highest BCUT2D eigenvalue weighted by molar-refractivity contribution is 6.15. The summed E-state index contributed by atoms with van der Waals surface area (Å²) in [6.07, 6.45) is 0.755. The molecule has 0 spiro atoms. The predicted octanol–water partition coefficient (Wildman–Crippen LogP) is 3.90. The van der Waals surface area contributed by atoms with Crippen molar-refractivity contribution in [2.24, 2.45) is 0 Å². The van der Waals surface area contributed by atoms with Gasteiger partial charge in [-0.2, -0.15) is 0 Å². The van der Waals surface area contributed by atoms with E-state index in [0.29, 0.717) is 12.3 Å². The summed E-state index contributed by atoms with van der Waals surface area (Å²) >= 11 is 0. The molecular weight excluding hydrogens is 368 g/mol. The summed E-state index contributed by atoms with van der Waals surface area (Å²) in [5, 5.41) is 10.6. The van der Waals surface area contributed by atoms with Gasteiger partial charge >= 0.3 is 0 Å². The van der Waals surface area contributed by atoms with Gasteiger partial charge < -0.3 is 19.3 Å². The maximum atomic E-state index is 13.1. The first-order valence-corrected chi connectivity index (χ1v) is 10.1. The molecule has 0 radical (unpaired) electrons. The van der Waals surface area contributed by atoms with Crippen LogP contribution in [-0.4, -0.2) is 52.8 Å². The van der Waals surface area contributed by atoms with Crippen molar-refractivity contribution in [3.63, 3.8) is 0 Å². The van der Waals surface area contributed by atoms with Gasteiger partial charge in [-0.05, 0) is 50.7 Å². The predicted molar refractivity (Wildman–Crippen MR) is 111 cm³/mol. The number of carbonyl (C=O) groups excluding carboxylic acids is 2. The topological polar surface area (TPSA) is 74.0 Å². The third-order valence-electron chi connectivity index (χ3n) is 5.40. The van der Waals surface area contributed by atoms with Crippen molar-refractivity contribution in [1.82, 2.24) is 9.80 Å². The molecule has 1 atom stereocenters. The fraction of sp³-hybridized carbons (Fsp3) is 0.391. The van der Waals surface area contributed by atoms with Gasteiger partial charge in [-0.1, -0.05) is 44.2 Å². The molecule has 0 unspecified atom stereocenters. The first-order chi connectivity index (χ1) is 14.0. The quantitative estimate of drug-likeness (QED) is 0.651. The van der Waals surface area contributed by atoms with Crippen molar-refractivity contribution >= 4 is 11.7 Å². The van der Waals surface area contributed by atoms with Gasteiger partial charge in [-0.15, -0.1) is 0 Å². The maximum Gasteiger partial charge on any atom is 0.290 e. The van der Waals surface area contributed by atoms with E-state index in [0.717, 1.165) is 31.6 Å². The van der Waals surface area contributed by atoms with Crippen LogP contribution in [-0.2, 0) is 4.79 Å². The lowest BCUT2D eigenvalue weighted by atomic mass is 9.95. The van der Waals surface area contributed by atoms with Crippen LogP contribution in [0.3, 0.4) is 0 Å². The molecule has 1 amide bonds. The summed E-state index contributed by atoms with van der Waals surface area (Å²) in [6.45, 7) is 9.14. The number of aryl methyl sites for hydroxylation is 1. The molecule has 1 N–H and O–H groups in total. The molecule has 0 saturated heterocycles. The van der Waals surface area contributed by atoms with Gasteiger partial charge in [-0.3, -0.25) is 9.59 Å². The van der Waals surface area contributed by atoms with Crippen molar-refractivity contribution in [1.29, 1.82) is 0 Å². The third-order valence-corrected chi connectivity index (χ3v) is 5.40. The lowest BCUT2D eigenvalue weighted by Crippen LogP contribution is -2.34. The van der Waals surface area contributed by atoms with E-state index in [-0.39, 0.29) is 11.3 Å². The average Bonchev–Trinajstić information content (AvgIpc) is 3.28. The zero-order valence-electron chi connectivity index (χ0n) is 17.2. The number of hydrogen-bond acceptors (Lipinski definition) is 5. The van der Waals surface area contributed by atoms with Crippen LogP contribution >= 0.6 is 0 Å². The van der Waals surface area contributed by atoms with Crippen molar-refractivity contribution < 1.29 is 19.1 Å². The van der Waals surface area contributed by atoms with Crippen molar-refractivity contribution in [3.8, 4) is 0 Å². The molecule has 1 aliphatic heterocycles. The maximum absolute atomic E-state index is 13.1. The zero-order valence-corrected chi connectivity index (χ0v) is 17.2. The molecule has 6 nitrogen and oxygen atoms in total. The van der Waals surface area contributed by atoms with E-state index in [2.05, 4.69) is 18.7 Å². The number of hydrogen-bond donors (Lipinski definition) is 1. The van der Waals surface area contributed by atoms with Crippen LogP contribution in [0.5, 0.6) is 0 Å². The van der Waals surface area contributed by atoms with Gasteiger partial charge in [-0.25, -0.2) is 0 Å². The van der Waals surface area contributed by atoms with Crippen LogP contribution in [0.2, 0.25) is 0 Å². The Bertz CT molecular complexity index is 897. The molecular formula is C23H28N2O4. The standard InChI is InChI=1S/C23H28N2O4/c1-4-24(5-2)14-9-15-25-20(17-10-7-6-8-11-17)19(22(27)23(25)28)21(26)18-13-12-16(3)29-18/h6-8,10-13,20,27H,4-5,9,14-15H2,1-3H3/t20-/m1/s1. The fourth-order valence-electron chi connectivity index (χ4n) is 3.79. The molecule has 0 fully saturated rings. The van der Waals surface area contributed by atoms with E-state index in [4.69, 9.17) is 4.42 Å². The summed E-state index contributed by atoms with van der Waals surface area (Å²) in [5.41, 5.74) is 0.873. The first-order valence-electron chi connectivity index (χ1n) is 10.1. The number of Topliss-reactive ketones (excluding diaryl/α,β-unsaturated/α-hetero) is 1. The molecule has 0 bridgehead atoms. The Morgan fingerprint density at radius 2 is 1.83 bits per heavy atom. The van der Waals surface area contributed by atoms with Crippen LogP contribution in [0, 0.1) is 6.92 Å². The van der Waals surface area contributed by atoms with Crippen LogP contribution in [0.1, 0.15) is 48.2 Å². The number of carbonyl (C=O) groups is 2. The Hall–Kier alpha value is -2.86. The minimum Gasteiger partial charge on any atom is -0.503 e. The van der Waals surface area contributed by atoms with Gasteiger partial charge in [0.2, 0.25) is 5.78 Å². The Morgan fingerprint density at radius 1 is 1.14 bits per heavy atom. The van der Waals surface area contributed by atoms with E-state index in [1.165, 1.54) is 0 Å². The SMILES string of the molecule is CCN(CC)CCCN1C(=O)C(O)=C(C(=O)c2ccc(C)o2)[C@H]1c1ccccc1. The van der Waals surface area contributed by atoms with Crippen LogP contribution in [0.15, 0.2) is 58.2 Å². The second kappa shape index (κ2) is 9.09. The molecule has 2 heterocycles. The van der Waals surface area contributed by atoms with Gasteiger partial charge in [0.1, 0.15) is 5.76 Å². The largest absolute Gasteiger partial charge is 0.503 e. The van der Waals surface area contributed by atoms with Crippen LogP contribution < -0.4 is 0 Å². The second-order valence-electron chi connectivity index (χ2n) is 7.19. The molecule has 0 aliphatic carbocycles. The molecule has 1 aromatic heterocycles. The Balaban J connectivity index is 1.91. The number of benzene rings is 1. The van der Waals surface area contributed by atoms with Gasteiger partial charge in [0.15, 0.2) is 11.5 Å². The number of furan rings is 1. The highest BCUT2D eigenvalue weighted by Crippen LogP contribution is 2.39. The molecule has 29 heavy (non-hydrogen) atoms. The highest BCUT2D eigenvalue weighted by Gasteiger charge is 2.44. The number of nitrogens with zero attached hydrogens (tertiary/aromatic N) is 2. The summed E-state index contributed by atoms with van der Waals surface area (Å²) in [4.78, 5) is 29.9. The fourth-order valence-corrected chi connectivity index (χ4v) is 3.79. The number of aliphatic hydroxyl groups excluding tert-OH is 1. The van der Waals surface area contributed by atoms with E-state index < -0.39 is 23.5 Å². The molecule has 1 aliphatic rings. The minimum atomic E-state index is -0.627. The lowest BCUT2D eigenvalue weighted by Gasteiger charge is -2.28. The number of ketones is 1. The van der Waals surface area contributed by atoms with Gasteiger partial charge in [0, 0.05) is 6.54 Å². The molecule has 0 saturated carbocycles. The van der Waals surface area contributed by atoms with Crippen molar-refractivity contribution in [2.45, 2.75) is 33.2 Å². The second-order valence-corrected chi connectivity index (χ2v) is 7.19. The summed E-state index contributed by atoms with van der Waals surface area (Å²) in [6, 6.07) is 12.0. The summed E-state index contributed by atoms with van der Waals surface area (Å²) < 4.78 is 5.47. The normalized spacial score (nSPS) is 16.9. The lowest BCUT2D eigenvalue weighted by molar-refractivity contribution is -0.129. The minimum absolute atomic E-state index is 0.0818. The molecule has 1 aromatic carbocycles. The van der Waals surface area contributed by atoms with Crippen molar-refractivity contribution in [2.75, 3.05) is 26.2 Å². The monoisotopic (exact) mass is 396 g/mol. The van der Waals surface area contributed by atoms with Gasteiger partial charge in [0.25, 0.3) is 5.91 Å². The molecule has 2 aromatic rings. The molecule has 6 heteroatoms. The Labute approximate surface area is 171 Å². The first kappa shape index (κ1) is 20.9. The number of amides is 1. The van der Waals surface area contributed by atoms with E-state index >= 15 is 0 Å². The van der Waals surface area contributed by atoms with Crippen molar-refractivity contribution in [3.05, 3.63) is 70.9 Å². The number of aliphatic hydroxyl groups is 1. The Morgan fingerprint density at radius 3 is 2.41 bits per heavy atom. The van der Waals surface area contributed by atoms with E-state index in [9.17, 15) is 14.7 Å². The molecule has 154 valence electrons. The zero-order chi connectivity index (χ0) is 21.0. The highest BCUT2D eigenvalue weighted by atomic mass is 16.3. The smallest absolute Gasteiger partial charge is 0.290 e. The van der Waals surface area contributed by atoms with E-state index in [1.54, 1.807) is 24.0 Å².